The number of nitrogens with zero attached hydrogens (tertiary/aromatic N) is 2. The molecule has 0 bridgehead atoms. The summed E-state index contributed by atoms with van der Waals surface area (Å²) in [4.78, 5) is 12.3. The normalized spacial score (nSPS) is 15.6. The number of hydrogen-bond acceptors (Lipinski definition) is 5. The summed E-state index contributed by atoms with van der Waals surface area (Å²) >= 11 is 5.97. The SMILES string of the molecule is CC(CO)(CO)Nc1c(Cl)cnn(CC2CC2)c1=O. The van der Waals surface area contributed by atoms with Crippen LogP contribution in [-0.2, 0) is 6.54 Å². The van der Waals surface area contributed by atoms with E-state index in [-0.39, 0.29) is 29.5 Å². The van der Waals surface area contributed by atoms with Crippen molar-refractivity contribution in [2.75, 3.05) is 18.5 Å². The third-order valence-electron chi connectivity index (χ3n) is 3.25. The number of rotatable bonds is 6. The largest absolute Gasteiger partial charge is 0.394 e. The van der Waals surface area contributed by atoms with Crippen molar-refractivity contribution in [3.8, 4) is 0 Å². The number of anilines is 1. The number of nitrogens with one attached hydrogen (secondary N) is 1. The van der Waals surface area contributed by atoms with E-state index in [0.717, 1.165) is 12.8 Å². The van der Waals surface area contributed by atoms with Crippen LogP contribution in [0.2, 0.25) is 5.02 Å². The lowest BCUT2D eigenvalue weighted by atomic mass is 10.1. The van der Waals surface area contributed by atoms with Gasteiger partial charge in [-0.25, -0.2) is 4.68 Å². The molecule has 1 saturated carbocycles. The first-order chi connectivity index (χ1) is 8.99. The van der Waals surface area contributed by atoms with Crippen LogP contribution in [0, 0.1) is 5.92 Å². The topological polar surface area (TPSA) is 87.4 Å². The maximum Gasteiger partial charge on any atom is 0.291 e. The lowest BCUT2D eigenvalue weighted by Crippen LogP contribution is -2.45. The van der Waals surface area contributed by atoms with Gasteiger partial charge in [-0.15, -0.1) is 0 Å². The Bertz CT molecular complexity index is 509. The molecule has 6 nitrogen and oxygen atoms in total. The van der Waals surface area contributed by atoms with Gasteiger partial charge in [0.2, 0.25) is 0 Å². The standard InChI is InChI=1S/C12H18ClN3O3/c1-12(6-17,7-18)15-10-9(13)4-14-16(11(10)19)5-8-2-3-8/h4,8,15,17-18H,2-3,5-7H2,1H3. The van der Waals surface area contributed by atoms with E-state index in [4.69, 9.17) is 11.6 Å². The molecular formula is C12H18ClN3O3. The minimum Gasteiger partial charge on any atom is -0.394 e. The molecule has 0 radical (unpaired) electrons. The zero-order valence-corrected chi connectivity index (χ0v) is 11.5. The van der Waals surface area contributed by atoms with E-state index < -0.39 is 5.54 Å². The quantitative estimate of drug-likeness (QED) is 0.708. The van der Waals surface area contributed by atoms with E-state index in [0.29, 0.717) is 12.5 Å². The van der Waals surface area contributed by atoms with Crippen LogP contribution in [0.4, 0.5) is 5.69 Å². The summed E-state index contributed by atoms with van der Waals surface area (Å²) in [5, 5.41) is 25.5. The third-order valence-corrected chi connectivity index (χ3v) is 3.54. The number of halogens is 1. The van der Waals surface area contributed by atoms with Crippen LogP contribution < -0.4 is 10.9 Å². The summed E-state index contributed by atoms with van der Waals surface area (Å²) in [5.74, 6) is 0.515. The second kappa shape index (κ2) is 5.48. The van der Waals surface area contributed by atoms with Crippen LogP contribution in [0.3, 0.4) is 0 Å². The maximum absolute atomic E-state index is 12.3. The number of aliphatic hydroxyl groups is 2. The first kappa shape index (κ1) is 14.3. The average molecular weight is 288 g/mol. The van der Waals surface area contributed by atoms with E-state index in [1.807, 2.05) is 0 Å². The van der Waals surface area contributed by atoms with Crippen LogP contribution in [0.15, 0.2) is 11.0 Å². The molecule has 1 aliphatic rings. The van der Waals surface area contributed by atoms with Gasteiger partial charge in [0.05, 0.1) is 30.0 Å². The van der Waals surface area contributed by atoms with Crippen molar-refractivity contribution in [3.05, 3.63) is 21.6 Å². The van der Waals surface area contributed by atoms with Gasteiger partial charge in [0.1, 0.15) is 5.69 Å². The molecule has 0 atom stereocenters. The zero-order chi connectivity index (χ0) is 14.0. The molecule has 7 heteroatoms. The summed E-state index contributed by atoms with van der Waals surface area (Å²) in [5.41, 5.74) is -1.16. The molecule has 106 valence electrons. The van der Waals surface area contributed by atoms with Crippen molar-refractivity contribution in [2.45, 2.75) is 31.8 Å². The Morgan fingerprint density at radius 2 is 2.16 bits per heavy atom. The van der Waals surface area contributed by atoms with Crippen LogP contribution in [0.25, 0.3) is 0 Å². The Morgan fingerprint density at radius 3 is 2.68 bits per heavy atom. The van der Waals surface area contributed by atoms with Gasteiger partial charge >= 0.3 is 0 Å². The smallest absolute Gasteiger partial charge is 0.291 e. The van der Waals surface area contributed by atoms with Gasteiger partial charge < -0.3 is 15.5 Å². The van der Waals surface area contributed by atoms with Crippen LogP contribution >= 0.6 is 11.6 Å². The van der Waals surface area contributed by atoms with Crippen molar-refractivity contribution in [1.29, 1.82) is 0 Å². The minimum absolute atomic E-state index is 0.169. The van der Waals surface area contributed by atoms with Crippen LogP contribution in [0.1, 0.15) is 19.8 Å². The monoisotopic (exact) mass is 287 g/mol. The molecule has 19 heavy (non-hydrogen) atoms. The Balaban J connectivity index is 2.30. The molecule has 0 saturated heterocycles. The predicted molar refractivity (Wildman–Crippen MR) is 72.4 cm³/mol. The van der Waals surface area contributed by atoms with Crippen LogP contribution in [-0.4, -0.2) is 38.7 Å². The summed E-state index contributed by atoms with van der Waals surface area (Å²) in [6.07, 6.45) is 3.64. The second-order valence-corrected chi connectivity index (χ2v) is 5.71. The van der Waals surface area contributed by atoms with E-state index in [2.05, 4.69) is 10.4 Å². The highest BCUT2D eigenvalue weighted by atomic mass is 35.5. The molecule has 1 fully saturated rings. The molecule has 0 unspecified atom stereocenters. The minimum atomic E-state index is -0.998. The van der Waals surface area contributed by atoms with Gasteiger partial charge in [0, 0.05) is 6.54 Å². The van der Waals surface area contributed by atoms with Gasteiger partial charge in [-0.3, -0.25) is 4.79 Å². The van der Waals surface area contributed by atoms with Crippen molar-refractivity contribution in [2.24, 2.45) is 5.92 Å². The maximum atomic E-state index is 12.3. The summed E-state index contributed by atoms with van der Waals surface area (Å²) < 4.78 is 1.38. The Hall–Kier alpha value is -1.11. The molecule has 1 aromatic heterocycles. The van der Waals surface area contributed by atoms with Crippen molar-refractivity contribution < 1.29 is 10.2 Å². The highest BCUT2D eigenvalue weighted by Gasteiger charge is 2.27. The van der Waals surface area contributed by atoms with Gasteiger partial charge in [-0.2, -0.15) is 5.10 Å². The number of hydrogen-bond donors (Lipinski definition) is 3. The van der Waals surface area contributed by atoms with Crippen molar-refractivity contribution in [1.82, 2.24) is 9.78 Å². The van der Waals surface area contributed by atoms with E-state index >= 15 is 0 Å². The third kappa shape index (κ3) is 3.26. The fourth-order valence-electron chi connectivity index (χ4n) is 1.69. The fraction of sp³-hybridized carbons (Fsp3) is 0.667. The zero-order valence-electron chi connectivity index (χ0n) is 10.8. The number of aliphatic hydroxyl groups excluding tert-OH is 2. The molecule has 0 aliphatic heterocycles. The molecule has 1 heterocycles. The van der Waals surface area contributed by atoms with Gasteiger partial charge in [-0.05, 0) is 25.7 Å². The van der Waals surface area contributed by atoms with Gasteiger partial charge in [-0.1, -0.05) is 11.6 Å². The number of aromatic nitrogens is 2. The van der Waals surface area contributed by atoms with E-state index in [1.54, 1.807) is 6.92 Å². The molecule has 0 amide bonds. The molecule has 1 aromatic rings. The lowest BCUT2D eigenvalue weighted by molar-refractivity contribution is 0.147. The Labute approximate surface area is 116 Å². The molecule has 0 aromatic carbocycles. The molecule has 1 aliphatic carbocycles. The summed E-state index contributed by atoms with van der Waals surface area (Å²) in [6, 6.07) is 0. The van der Waals surface area contributed by atoms with E-state index in [1.165, 1.54) is 10.9 Å². The summed E-state index contributed by atoms with van der Waals surface area (Å²) in [6.45, 7) is 1.56. The van der Waals surface area contributed by atoms with E-state index in [9.17, 15) is 15.0 Å². The van der Waals surface area contributed by atoms with Crippen molar-refractivity contribution >= 4 is 17.3 Å². The molecule has 3 N–H and O–H groups in total. The van der Waals surface area contributed by atoms with Crippen LogP contribution in [0.5, 0.6) is 0 Å². The highest BCUT2D eigenvalue weighted by Crippen LogP contribution is 2.30. The predicted octanol–water partition coefficient (Wildman–Crippen LogP) is 0.462. The Morgan fingerprint density at radius 1 is 1.53 bits per heavy atom. The first-order valence-corrected chi connectivity index (χ1v) is 6.62. The second-order valence-electron chi connectivity index (χ2n) is 5.30. The first-order valence-electron chi connectivity index (χ1n) is 6.24. The average Bonchev–Trinajstić information content (AvgIpc) is 3.22. The Kier molecular flexibility index (Phi) is 4.13. The van der Waals surface area contributed by atoms with Crippen molar-refractivity contribution in [3.63, 3.8) is 0 Å². The van der Waals surface area contributed by atoms with Gasteiger partial charge in [0.15, 0.2) is 0 Å². The molecule has 0 spiro atoms. The molecular weight excluding hydrogens is 270 g/mol. The lowest BCUT2D eigenvalue weighted by Gasteiger charge is -2.27. The van der Waals surface area contributed by atoms with Gasteiger partial charge in [0.25, 0.3) is 5.56 Å². The summed E-state index contributed by atoms with van der Waals surface area (Å²) in [7, 11) is 0. The molecule has 2 rings (SSSR count). The fourth-order valence-corrected chi connectivity index (χ4v) is 1.86. The highest BCUT2D eigenvalue weighted by molar-refractivity contribution is 6.33.